The third kappa shape index (κ3) is 3.08. The minimum atomic E-state index is 0.300. The molecule has 2 rings (SSSR count). The Morgan fingerprint density at radius 3 is 2.88 bits per heavy atom. The fraction of sp³-hybridized carbons (Fsp3) is 0.600. The molecule has 2 nitrogen and oxygen atoms in total. The molecule has 17 heavy (non-hydrogen) atoms. The van der Waals surface area contributed by atoms with Crippen LogP contribution in [0.25, 0.3) is 0 Å². The lowest BCUT2D eigenvalue weighted by molar-refractivity contribution is 0.306. The summed E-state index contributed by atoms with van der Waals surface area (Å²) >= 11 is 0. The van der Waals surface area contributed by atoms with Gasteiger partial charge in [0.1, 0.15) is 0 Å². The van der Waals surface area contributed by atoms with Crippen LogP contribution < -0.4 is 11.1 Å². The number of benzene rings is 1. The van der Waals surface area contributed by atoms with Crippen LogP contribution in [0, 0.1) is 6.92 Å². The van der Waals surface area contributed by atoms with Gasteiger partial charge in [-0.25, -0.2) is 0 Å². The molecular formula is C15H24N2. The number of nitrogens with one attached hydrogen (secondary N) is 1. The van der Waals surface area contributed by atoms with Crippen LogP contribution in [0.1, 0.15) is 43.2 Å². The highest BCUT2D eigenvalue weighted by Gasteiger charge is 2.27. The summed E-state index contributed by atoms with van der Waals surface area (Å²) in [5, 5.41) is 3.61. The van der Waals surface area contributed by atoms with Crippen molar-refractivity contribution in [3.8, 4) is 0 Å². The second kappa shape index (κ2) is 5.65. The van der Waals surface area contributed by atoms with Crippen LogP contribution in [0.15, 0.2) is 24.3 Å². The highest BCUT2D eigenvalue weighted by molar-refractivity contribution is 5.26. The van der Waals surface area contributed by atoms with Crippen molar-refractivity contribution >= 4 is 0 Å². The smallest absolute Gasteiger partial charge is 0.0219 e. The van der Waals surface area contributed by atoms with Gasteiger partial charge in [0.05, 0.1) is 0 Å². The van der Waals surface area contributed by atoms with Crippen molar-refractivity contribution in [1.82, 2.24) is 5.32 Å². The van der Waals surface area contributed by atoms with Gasteiger partial charge in [-0.3, -0.25) is 0 Å². The van der Waals surface area contributed by atoms with E-state index in [1.54, 1.807) is 0 Å². The minimum Gasteiger partial charge on any atom is -0.326 e. The summed E-state index contributed by atoms with van der Waals surface area (Å²) in [7, 11) is 0. The first-order chi connectivity index (χ1) is 8.20. The van der Waals surface area contributed by atoms with E-state index in [0.717, 1.165) is 13.0 Å². The summed E-state index contributed by atoms with van der Waals surface area (Å²) in [6.45, 7) is 5.45. The van der Waals surface area contributed by atoms with E-state index in [2.05, 4.69) is 43.4 Å². The van der Waals surface area contributed by atoms with Crippen LogP contribution in [-0.2, 0) is 0 Å². The first kappa shape index (κ1) is 12.6. The standard InChI is InChI=1S/C15H24N2/c1-3-5-15-14(16)9-13(10-17-15)12-7-4-6-11(2)8-12/h4,6-8,13-15,17H,3,5,9-10,16H2,1-2H3. The van der Waals surface area contributed by atoms with Gasteiger partial charge in [0.15, 0.2) is 0 Å². The molecule has 1 fully saturated rings. The van der Waals surface area contributed by atoms with E-state index in [0.29, 0.717) is 18.0 Å². The molecule has 1 saturated heterocycles. The Morgan fingerprint density at radius 2 is 2.24 bits per heavy atom. The number of nitrogens with two attached hydrogens (primary N) is 1. The average molecular weight is 232 g/mol. The van der Waals surface area contributed by atoms with Gasteiger partial charge < -0.3 is 11.1 Å². The summed E-state index contributed by atoms with van der Waals surface area (Å²) < 4.78 is 0. The van der Waals surface area contributed by atoms with E-state index >= 15 is 0 Å². The summed E-state index contributed by atoms with van der Waals surface area (Å²) in [6.07, 6.45) is 3.52. The number of piperidine rings is 1. The van der Waals surface area contributed by atoms with Gasteiger partial charge in [0.25, 0.3) is 0 Å². The van der Waals surface area contributed by atoms with Gasteiger partial charge in [-0.05, 0) is 31.2 Å². The SMILES string of the molecule is CCCC1NCC(c2cccc(C)c2)CC1N. The van der Waals surface area contributed by atoms with Crippen LogP contribution in [-0.4, -0.2) is 18.6 Å². The van der Waals surface area contributed by atoms with Crippen LogP contribution in [0.2, 0.25) is 0 Å². The molecular weight excluding hydrogens is 208 g/mol. The Kier molecular flexibility index (Phi) is 4.19. The van der Waals surface area contributed by atoms with E-state index in [-0.39, 0.29) is 0 Å². The average Bonchev–Trinajstić information content (AvgIpc) is 2.32. The maximum Gasteiger partial charge on any atom is 0.0219 e. The Morgan fingerprint density at radius 1 is 1.41 bits per heavy atom. The lowest BCUT2D eigenvalue weighted by atomic mass is 9.84. The Bertz CT molecular complexity index is 362. The first-order valence-electron chi connectivity index (χ1n) is 6.76. The van der Waals surface area contributed by atoms with Crippen LogP contribution in [0.3, 0.4) is 0 Å². The summed E-state index contributed by atoms with van der Waals surface area (Å²) in [6, 6.07) is 9.63. The van der Waals surface area contributed by atoms with Crippen LogP contribution >= 0.6 is 0 Å². The normalized spacial score (nSPS) is 29.2. The fourth-order valence-electron chi connectivity index (χ4n) is 2.83. The molecule has 1 aromatic rings. The molecule has 3 N–H and O–H groups in total. The third-order valence-corrected chi connectivity index (χ3v) is 3.81. The number of aryl methyl sites for hydroxylation is 1. The molecule has 0 bridgehead atoms. The summed E-state index contributed by atoms with van der Waals surface area (Å²) in [4.78, 5) is 0. The highest BCUT2D eigenvalue weighted by Crippen LogP contribution is 2.26. The highest BCUT2D eigenvalue weighted by atomic mass is 15.0. The van der Waals surface area contributed by atoms with E-state index in [1.165, 1.54) is 24.0 Å². The lowest BCUT2D eigenvalue weighted by Gasteiger charge is -2.35. The zero-order valence-corrected chi connectivity index (χ0v) is 10.9. The van der Waals surface area contributed by atoms with E-state index in [1.807, 2.05) is 0 Å². The van der Waals surface area contributed by atoms with Crippen molar-refractivity contribution in [2.24, 2.45) is 5.73 Å². The Hall–Kier alpha value is -0.860. The van der Waals surface area contributed by atoms with Gasteiger partial charge in [0.2, 0.25) is 0 Å². The lowest BCUT2D eigenvalue weighted by Crippen LogP contribution is -2.51. The molecule has 2 heteroatoms. The molecule has 1 heterocycles. The Labute approximate surface area is 105 Å². The largest absolute Gasteiger partial charge is 0.326 e. The first-order valence-corrected chi connectivity index (χ1v) is 6.76. The third-order valence-electron chi connectivity index (χ3n) is 3.81. The van der Waals surface area contributed by atoms with Crippen molar-refractivity contribution in [2.75, 3.05) is 6.54 Å². The second-order valence-corrected chi connectivity index (χ2v) is 5.31. The topological polar surface area (TPSA) is 38.0 Å². The summed E-state index contributed by atoms with van der Waals surface area (Å²) in [5.74, 6) is 0.581. The molecule has 1 aliphatic rings. The van der Waals surface area contributed by atoms with Gasteiger partial charge in [0, 0.05) is 18.6 Å². The molecule has 0 aliphatic carbocycles. The van der Waals surface area contributed by atoms with Gasteiger partial charge in [-0.1, -0.05) is 43.2 Å². The van der Waals surface area contributed by atoms with Crippen molar-refractivity contribution < 1.29 is 0 Å². The maximum absolute atomic E-state index is 6.27. The van der Waals surface area contributed by atoms with Crippen molar-refractivity contribution in [3.05, 3.63) is 35.4 Å². The van der Waals surface area contributed by atoms with Gasteiger partial charge >= 0.3 is 0 Å². The molecule has 1 aromatic carbocycles. The van der Waals surface area contributed by atoms with E-state index in [9.17, 15) is 0 Å². The zero-order chi connectivity index (χ0) is 12.3. The number of hydrogen-bond donors (Lipinski definition) is 2. The molecule has 0 saturated carbocycles. The van der Waals surface area contributed by atoms with Crippen LogP contribution in [0.4, 0.5) is 0 Å². The van der Waals surface area contributed by atoms with Gasteiger partial charge in [-0.2, -0.15) is 0 Å². The monoisotopic (exact) mass is 232 g/mol. The predicted octanol–water partition coefficient (Wildman–Crippen LogP) is 2.57. The van der Waals surface area contributed by atoms with Gasteiger partial charge in [-0.15, -0.1) is 0 Å². The molecule has 0 spiro atoms. The number of rotatable bonds is 3. The Balaban J connectivity index is 2.01. The van der Waals surface area contributed by atoms with E-state index in [4.69, 9.17) is 5.73 Å². The minimum absolute atomic E-state index is 0.300. The fourth-order valence-corrected chi connectivity index (χ4v) is 2.83. The number of hydrogen-bond acceptors (Lipinski definition) is 2. The van der Waals surface area contributed by atoms with Crippen molar-refractivity contribution in [3.63, 3.8) is 0 Å². The quantitative estimate of drug-likeness (QED) is 0.840. The summed E-state index contributed by atoms with van der Waals surface area (Å²) in [5.41, 5.74) is 9.04. The molecule has 3 atom stereocenters. The molecule has 3 unspecified atom stereocenters. The predicted molar refractivity (Wildman–Crippen MR) is 73.2 cm³/mol. The second-order valence-electron chi connectivity index (χ2n) is 5.31. The molecule has 0 amide bonds. The van der Waals surface area contributed by atoms with Crippen molar-refractivity contribution in [2.45, 2.75) is 51.1 Å². The zero-order valence-electron chi connectivity index (χ0n) is 10.9. The molecule has 1 aliphatic heterocycles. The maximum atomic E-state index is 6.27. The molecule has 0 radical (unpaired) electrons. The van der Waals surface area contributed by atoms with Crippen LogP contribution in [0.5, 0.6) is 0 Å². The van der Waals surface area contributed by atoms with E-state index < -0.39 is 0 Å². The molecule has 0 aromatic heterocycles. The molecule has 94 valence electrons. The van der Waals surface area contributed by atoms with Crippen molar-refractivity contribution in [1.29, 1.82) is 0 Å².